The van der Waals surface area contributed by atoms with Gasteiger partial charge in [0.15, 0.2) is 0 Å². The van der Waals surface area contributed by atoms with Crippen molar-refractivity contribution in [1.29, 1.82) is 0 Å². The Morgan fingerprint density at radius 1 is 0.303 bits per heavy atom. The summed E-state index contributed by atoms with van der Waals surface area (Å²) in [6.07, 6.45) is 0. The molecule has 1 aliphatic rings. The van der Waals surface area contributed by atoms with Crippen LogP contribution < -0.4 is 4.90 Å². The second kappa shape index (κ2) is 17.6. The van der Waals surface area contributed by atoms with Gasteiger partial charge in [0.1, 0.15) is 11.2 Å². The van der Waals surface area contributed by atoms with Crippen LogP contribution in [0.25, 0.3) is 93.9 Å². The van der Waals surface area contributed by atoms with Crippen molar-refractivity contribution in [3.05, 3.63) is 313 Å². The van der Waals surface area contributed by atoms with E-state index in [1.807, 2.05) is 12.1 Å². The highest BCUT2D eigenvalue weighted by molar-refractivity contribution is 6.10. The quantitative estimate of drug-likeness (QED) is 0.144. The van der Waals surface area contributed by atoms with E-state index in [1.165, 1.54) is 66.3 Å². The highest BCUT2D eigenvalue weighted by Crippen LogP contribution is 2.58. The standard InChI is InChI=1S/C73H48N2O/c1-3-17-53(18-4-1)73(54-19-5-2-6-20-54)66-28-11-7-24-65(66)71-59(25-16-29-67(71)73)51-37-45-56(46-38-51)74(57-47-39-52(40-48-57)60-26-15-27-64-63-23-10-14-32-70(63)76-72(60)64)55-41-33-49(34-42-55)50-35-43-58(44-36-50)75-68-30-12-8-21-61(68)62-22-9-13-31-69(62)75/h1-48H. The van der Waals surface area contributed by atoms with Gasteiger partial charge in [0.05, 0.1) is 16.4 Å². The normalized spacial score (nSPS) is 12.6. The van der Waals surface area contributed by atoms with Crippen LogP contribution in [0, 0.1) is 0 Å². The molecule has 0 unspecified atom stereocenters. The fraction of sp³-hybridized carbons (Fsp3) is 0.0137. The first-order valence-corrected chi connectivity index (χ1v) is 26.2. The monoisotopic (exact) mass is 968 g/mol. The molecule has 356 valence electrons. The molecule has 76 heavy (non-hydrogen) atoms. The molecule has 0 aliphatic heterocycles. The van der Waals surface area contributed by atoms with Crippen LogP contribution in [0.4, 0.5) is 17.1 Å². The topological polar surface area (TPSA) is 21.3 Å². The molecule has 0 amide bonds. The molecule has 0 bridgehead atoms. The van der Waals surface area contributed by atoms with Crippen LogP contribution in [0.1, 0.15) is 22.3 Å². The Balaban J connectivity index is 0.822. The molecule has 14 aromatic rings. The molecular formula is C73H48N2O. The molecule has 0 fully saturated rings. The average Bonchev–Trinajstić information content (AvgIpc) is 4.20. The van der Waals surface area contributed by atoms with Gasteiger partial charge in [-0.3, -0.25) is 0 Å². The number of nitrogens with zero attached hydrogens (tertiary/aromatic N) is 2. The lowest BCUT2D eigenvalue weighted by Gasteiger charge is -2.34. The first-order valence-electron chi connectivity index (χ1n) is 26.2. The molecule has 0 saturated heterocycles. The summed E-state index contributed by atoms with van der Waals surface area (Å²) in [6.45, 7) is 0. The number of hydrogen-bond acceptors (Lipinski definition) is 2. The van der Waals surface area contributed by atoms with Crippen molar-refractivity contribution < 1.29 is 4.42 Å². The van der Waals surface area contributed by atoms with E-state index in [9.17, 15) is 0 Å². The van der Waals surface area contributed by atoms with Crippen molar-refractivity contribution in [3.63, 3.8) is 0 Å². The fourth-order valence-corrected chi connectivity index (χ4v) is 12.5. The van der Waals surface area contributed by atoms with Gasteiger partial charge in [-0.05, 0) is 128 Å². The Labute approximate surface area is 441 Å². The van der Waals surface area contributed by atoms with E-state index in [0.29, 0.717) is 0 Å². The van der Waals surface area contributed by atoms with E-state index in [1.54, 1.807) is 0 Å². The molecule has 0 saturated carbocycles. The van der Waals surface area contributed by atoms with Gasteiger partial charge < -0.3 is 13.9 Å². The zero-order chi connectivity index (χ0) is 50.2. The van der Waals surface area contributed by atoms with Gasteiger partial charge in [0.25, 0.3) is 0 Å². The largest absolute Gasteiger partial charge is 0.455 e. The number of aromatic nitrogens is 1. The van der Waals surface area contributed by atoms with Crippen molar-refractivity contribution in [3.8, 4) is 50.2 Å². The Morgan fingerprint density at radius 2 is 0.737 bits per heavy atom. The molecule has 0 atom stereocenters. The number of fused-ring (bicyclic) bond motifs is 9. The van der Waals surface area contributed by atoms with Crippen molar-refractivity contribution in [2.45, 2.75) is 5.41 Å². The maximum atomic E-state index is 6.50. The second-order valence-corrected chi connectivity index (χ2v) is 19.9. The SMILES string of the molecule is c1ccc(C2(c3ccccc3)c3ccccc3-c3c(-c4ccc(N(c5ccc(-c6ccc(-n7c8ccccc8c8ccccc87)cc6)cc5)c5ccc(-c6cccc7c6oc6ccccc67)cc5)cc4)cccc32)cc1. The predicted molar refractivity (Wildman–Crippen MR) is 316 cm³/mol. The van der Waals surface area contributed by atoms with Crippen molar-refractivity contribution >= 4 is 60.8 Å². The molecule has 1 aliphatic carbocycles. The minimum Gasteiger partial charge on any atom is -0.455 e. The maximum absolute atomic E-state index is 6.50. The van der Waals surface area contributed by atoms with Gasteiger partial charge in [-0.1, -0.05) is 224 Å². The van der Waals surface area contributed by atoms with Gasteiger partial charge >= 0.3 is 0 Å². The van der Waals surface area contributed by atoms with Crippen molar-refractivity contribution in [2.75, 3.05) is 4.90 Å². The molecule has 0 N–H and O–H groups in total. The van der Waals surface area contributed by atoms with Crippen LogP contribution in [-0.2, 0) is 5.41 Å². The second-order valence-electron chi connectivity index (χ2n) is 19.9. The van der Waals surface area contributed by atoms with Crippen LogP contribution in [-0.4, -0.2) is 4.57 Å². The van der Waals surface area contributed by atoms with Crippen molar-refractivity contribution in [2.24, 2.45) is 0 Å². The first kappa shape index (κ1) is 43.6. The van der Waals surface area contributed by atoms with Crippen LogP contribution in [0.3, 0.4) is 0 Å². The van der Waals surface area contributed by atoms with Crippen LogP contribution in [0.5, 0.6) is 0 Å². The highest BCUT2D eigenvalue weighted by Gasteiger charge is 2.46. The summed E-state index contributed by atoms with van der Waals surface area (Å²) >= 11 is 0. The summed E-state index contributed by atoms with van der Waals surface area (Å²) in [5, 5.41) is 4.78. The Morgan fingerprint density at radius 3 is 1.36 bits per heavy atom. The lowest BCUT2D eigenvalue weighted by Crippen LogP contribution is -2.28. The van der Waals surface area contributed by atoms with E-state index >= 15 is 0 Å². The number of anilines is 3. The molecule has 15 rings (SSSR count). The highest BCUT2D eigenvalue weighted by atomic mass is 16.3. The average molecular weight is 969 g/mol. The Hall–Kier alpha value is -9.96. The van der Waals surface area contributed by atoms with Gasteiger partial charge in [0, 0.05) is 49.9 Å². The summed E-state index contributed by atoms with van der Waals surface area (Å²) in [5.74, 6) is 0. The van der Waals surface area contributed by atoms with Crippen molar-refractivity contribution in [1.82, 2.24) is 4.57 Å². The number of hydrogen-bond donors (Lipinski definition) is 0. The number of rotatable bonds is 9. The van der Waals surface area contributed by atoms with Crippen LogP contribution in [0.2, 0.25) is 0 Å². The lowest BCUT2D eigenvalue weighted by molar-refractivity contribution is 0.670. The van der Waals surface area contributed by atoms with Gasteiger partial charge in [-0.15, -0.1) is 0 Å². The minimum absolute atomic E-state index is 0.468. The van der Waals surface area contributed by atoms with E-state index < -0.39 is 5.41 Å². The molecule has 0 radical (unpaired) electrons. The molecule has 2 aromatic heterocycles. The predicted octanol–water partition coefficient (Wildman–Crippen LogP) is 19.5. The summed E-state index contributed by atoms with van der Waals surface area (Å²) in [7, 11) is 0. The summed E-state index contributed by atoms with van der Waals surface area (Å²) < 4.78 is 8.87. The van der Waals surface area contributed by atoms with Gasteiger partial charge in [-0.2, -0.15) is 0 Å². The summed E-state index contributed by atoms with van der Waals surface area (Å²) in [6, 6.07) is 106. The zero-order valence-electron chi connectivity index (χ0n) is 41.5. The number of furan rings is 1. The molecule has 3 heteroatoms. The minimum atomic E-state index is -0.468. The number of para-hydroxylation sites is 4. The number of benzene rings is 12. The Bertz CT molecular complexity index is 4380. The third kappa shape index (κ3) is 6.76. The van der Waals surface area contributed by atoms with E-state index in [-0.39, 0.29) is 0 Å². The zero-order valence-corrected chi connectivity index (χ0v) is 41.5. The van der Waals surface area contributed by atoms with Crippen LogP contribution >= 0.6 is 0 Å². The first-order chi connectivity index (χ1) is 37.7. The third-order valence-electron chi connectivity index (χ3n) is 15.9. The fourth-order valence-electron chi connectivity index (χ4n) is 12.5. The van der Waals surface area contributed by atoms with E-state index in [4.69, 9.17) is 4.42 Å². The molecule has 0 spiro atoms. The van der Waals surface area contributed by atoms with Gasteiger partial charge in [-0.25, -0.2) is 0 Å². The lowest BCUT2D eigenvalue weighted by atomic mass is 9.67. The molecular weight excluding hydrogens is 921 g/mol. The molecule has 12 aromatic carbocycles. The summed E-state index contributed by atoms with van der Waals surface area (Å²) in [4.78, 5) is 2.37. The summed E-state index contributed by atoms with van der Waals surface area (Å²) in [5.41, 5.74) is 22.6. The van der Waals surface area contributed by atoms with E-state index in [0.717, 1.165) is 66.9 Å². The molecule has 3 nitrogen and oxygen atoms in total. The molecule has 2 heterocycles. The maximum Gasteiger partial charge on any atom is 0.143 e. The van der Waals surface area contributed by atoms with Crippen LogP contribution in [0.15, 0.2) is 296 Å². The van der Waals surface area contributed by atoms with Gasteiger partial charge in [0.2, 0.25) is 0 Å². The third-order valence-corrected chi connectivity index (χ3v) is 15.9. The smallest absolute Gasteiger partial charge is 0.143 e. The Kier molecular flexibility index (Phi) is 10.1. The van der Waals surface area contributed by atoms with E-state index in [2.05, 4.69) is 289 Å².